The zero-order valence-electron chi connectivity index (χ0n) is 12.2. The van der Waals surface area contributed by atoms with Crippen molar-refractivity contribution in [1.29, 1.82) is 0 Å². The predicted octanol–water partition coefficient (Wildman–Crippen LogP) is 2.00. The summed E-state index contributed by atoms with van der Waals surface area (Å²) in [5, 5.41) is 13.6. The average Bonchev–Trinajstić information content (AvgIpc) is 2.79. The first-order chi connectivity index (χ1) is 8.55. The molecule has 0 bridgehead atoms. The third-order valence-corrected chi connectivity index (χ3v) is 4.91. The van der Waals surface area contributed by atoms with Gasteiger partial charge in [-0.3, -0.25) is 0 Å². The van der Waals surface area contributed by atoms with Gasteiger partial charge in [-0.2, -0.15) is 0 Å². The molecule has 2 N–H and O–H groups in total. The molecule has 2 aliphatic rings. The molecule has 0 aromatic heterocycles. The van der Waals surface area contributed by atoms with Crippen LogP contribution in [0.1, 0.15) is 52.4 Å². The van der Waals surface area contributed by atoms with Gasteiger partial charge in [0.05, 0.1) is 5.60 Å². The Bertz CT molecular complexity index is 249. The summed E-state index contributed by atoms with van der Waals surface area (Å²) in [4.78, 5) is 2.58. The fourth-order valence-corrected chi connectivity index (χ4v) is 3.57. The summed E-state index contributed by atoms with van der Waals surface area (Å²) in [7, 11) is 0. The first-order valence-corrected chi connectivity index (χ1v) is 7.71. The van der Waals surface area contributed by atoms with Crippen LogP contribution in [0, 0.1) is 5.41 Å². The van der Waals surface area contributed by atoms with Crippen molar-refractivity contribution < 1.29 is 5.11 Å². The second-order valence-corrected chi connectivity index (χ2v) is 6.76. The van der Waals surface area contributed by atoms with Gasteiger partial charge in [0.1, 0.15) is 0 Å². The Labute approximate surface area is 112 Å². The molecule has 0 aromatic rings. The van der Waals surface area contributed by atoms with E-state index < -0.39 is 5.60 Å². The zero-order chi connectivity index (χ0) is 13.1. The highest BCUT2D eigenvalue weighted by Crippen LogP contribution is 2.39. The van der Waals surface area contributed by atoms with Gasteiger partial charge in [0.25, 0.3) is 0 Å². The van der Waals surface area contributed by atoms with Gasteiger partial charge < -0.3 is 15.3 Å². The van der Waals surface area contributed by atoms with Gasteiger partial charge in [0.15, 0.2) is 0 Å². The maximum absolute atomic E-state index is 10.0. The minimum Gasteiger partial charge on any atom is -0.390 e. The van der Waals surface area contributed by atoms with Crippen LogP contribution in [0.15, 0.2) is 0 Å². The fourth-order valence-electron chi connectivity index (χ4n) is 3.57. The summed E-state index contributed by atoms with van der Waals surface area (Å²) >= 11 is 0. The van der Waals surface area contributed by atoms with Gasteiger partial charge in [-0.1, -0.05) is 19.8 Å². The van der Waals surface area contributed by atoms with E-state index >= 15 is 0 Å². The molecule has 0 unspecified atom stereocenters. The van der Waals surface area contributed by atoms with E-state index in [0.29, 0.717) is 5.41 Å². The number of hydrogen-bond acceptors (Lipinski definition) is 3. The topological polar surface area (TPSA) is 35.5 Å². The van der Waals surface area contributed by atoms with Crippen molar-refractivity contribution in [3.8, 4) is 0 Å². The molecule has 3 heteroatoms. The summed E-state index contributed by atoms with van der Waals surface area (Å²) in [5.41, 5.74) is 0.0974. The van der Waals surface area contributed by atoms with Gasteiger partial charge >= 0.3 is 0 Å². The third kappa shape index (κ3) is 3.69. The van der Waals surface area contributed by atoms with Crippen molar-refractivity contribution >= 4 is 0 Å². The highest BCUT2D eigenvalue weighted by atomic mass is 16.3. The number of nitrogens with one attached hydrogen (secondary N) is 1. The molecule has 0 spiro atoms. The summed E-state index contributed by atoms with van der Waals surface area (Å²) in [6.07, 6.45) is 7.43. The SMILES string of the molecule is CCNCC1(CN2CCC(C)(O)CC2)CCCC1. The van der Waals surface area contributed by atoms with Crippen molar-refractivity contribution in [2.45, 2.75) is 58.0 Å². The zero-order valence-corrected chi connectivity index (χ0v) is 12.2. The van der Waals surface area contributed by atoms with E-state index in [4.69, 9.17) is 0 Å². The first kappa shape index (κ1) is 14.3. The molecule has 106 valence electrons. The Kier molecular flexibility index (Phi) is 4.68. The van der Waals surface area contributed by atoms with E-state index in [2.05, 4.69) is 17.1 Å². The lowest BCUT2D eigenvalue weighted by Gasteiger charge is -2.41. The maximum atomic E-state index is 10.0. The van der Waals surface area contributed by atoms with Crippen LogP contribution in [0.25, 0.3) is 0 Å². The van der Waals surface area contributed by atoms with E-state index in [9.17, 15) is 5.11 Å². The molecule has 0 amide bonds. The molecule has 1 aliphatic carbocycles. The number of piperidine rings is 1. The van der Waals surface area contributed by atoms with Crippen LogP contribution in [0.5, 0.6) is 0 Å². The Morgan fingerprint density at radius 1 is 1.11 bits per heavy atom. The molecule has 0 radical (unpaired) electrons. The Morgan fingerprint density at radius 2 is 1.72 bits per heavy atom. The lowest BCUT2D eigenvalue weighted by atomic mass is 9.84. The van der Waals surface area contributed by atoms with Gasteiger partial charge in [-0.05, 0) is 44.6 Å². The molecule has 1 heterocycles. The van der Waals surface area contributed by atoms with Crippen molar-refractivity contribution in [1.82, 2.24) is 10.2 Å². The second-order valence-electron chi connectivity index (χ2n) is 6.76. The van der Waals surface area contributed by atoms with Gasteiger partial charge in [0.2, 0.25) is 0 Å². The molecule has 1 saturated heterocycles. The molecule has 0 atom stereocenters. The van der Waals surface area contributed by atoms with Crippen molar-refractivity contribution in [3.63, 3.8) is 0 Å². The molecule has 1 saturated carbocycles. The van der Waals surface area contributed by atoms with E-state index in [1.807, 2.05) is 6.92 Å². The summed E-state index contributed by atoms with van der Waals surface area (Å²) in [6.45, 7) is 9.81. The molecule has 18 heavy (non-hydrogen) atoms. The summed E-state index contributed by atoms with van der Waals surface area (Å²) in [6, 6.07) is 0. The standard InChI is InChI=1S/C15H30N2O/c1-3-16-12-15(6-4-5-7-15)13-17-10-8-14(2,18)9-11-17/h16,18H,3-13H2,1-2H3. The largest absolute Gasteiger partial charge is 0.390 e. The minimum absolute atomic E-state index is 0.416. The molecule has 3 nitrogen and oxygen atoms in total. The van der Waals surface area contributed by atoms with Crippen LogP contribution >= 0.6 is 0 Å². The lowest BCUT2D eigenvalue weighted by molar-refractivity contribution is -0.0155. The number of nitrogens with zero attached hydrogens (tertiary/aromatic N) is 1. The van der Waals surface area contributed by atoms with Gasteiger partial charge in [0, 0.05) is 26.2 Å². The number of aliphatic hydroxyl groups is 1. The second kappa shape index (κ2) is 5.89. The minimum atomic E-state index is -0.416. The molecule has 2 fully saturated rings. The molecule has 2 rings (SSSR count). The van der Waals surface area contributed by atoms with Crippen molar-refractivity contribution in [3.05, 3.63) is 0 Å². The highest BCUT2D eigenvalue weighted by Gasteiger charge is 2.37. The molecule has 1 aliphatic heterocycles. The van der Waals surface area contributed by atoms with Crippen LogP contribution in [0.4, 0.5) is 0 Å². The van der Waals surface area contributed by atoms with Crippen LogP contribution in [0.2, 0.25) is 0 Å². The average molecular weight is 254 g/mol. The Balaban J connectivity index is 1.86. The number of likely N-dealkylation sites (tertiary alicyclic amines) is 1. The van der Waals surface area contributed by atoms with E-state index in [-0.39, 0.29) is 0 Å². The monoisotopic (exact) mass is 254 g/mol. The van der Waals surface area contributed by atoms with Crippen molar-refractivity contribution in [2.24, 2.45) is 5.41 Å². The lowest BCUT2D eigenvalue weighted by Crippen LogP contribution is -2.48. The van der Waals surface area contributed by atoms with Gasteiger partial charge in [-0.25, -0.2) is 0 Å². The van der Waals surface area contributed by atoms with Gasteiger partial charge in [-0.15, -0.1) is 0 Å². The number of hydrogen-bond donors (Lipinski definition) is 2. The van der Waals surface area contributed by atoms with E-state index in [0.717, 1.165) is 32.5 Å². The summed E-state index contributed by atoms with van der Waals surface area (Å²) < 4.78 is 0. The molecule has 0 aromatic carbocycles. The Hall–Kier alpha value is -0.120. The highest BCUT2D eigenvalue weighted by molar-refractivity contribution is 4.91. The maximum Gasteiger partial charge on any atom is 0.0644 e. The van der Waals surface area contributed by atoms with Crippen LogP contribution < -0.4 is 5.32 Å². The van der Waals surface area contributed by atoms with Crippen molar-refractivity contribution in [2.75, 3.05) is 32.7 Å². The Morgan fingerprint density at radius 3 is 2.28 bits per heavy atom. The number of rotatable bonds is 5. The van der Waals surface area contributed by atoms with Crippen LogP contribution in [-0.4, -0.2) is 48.3 Å². The van der Waals surface area contributed by atoms with E-state index in [1.165, 1.54) is 38.8 Å². The fraction of sp³-hybridized carbons (Fsp3) is 1.00. The first-order valence-electron chi connectivity index (χ1n) is 7.71. The van der Waals surface area contributed by atoms with E-state index in [1.54, 1.807) is 0 Å². The summed E-state index contributed by atoms with van der Waals surface area (Å²) in [5.74, 6) is 0. The predicted molar refractivity (Wildman–Crippen MR) is 75.7 cm³/mol. The molecular weight excluding hydrogens is 224 g/mol. The third-order valence-electron chi connectivity index (χ3n) is 4.91. The van der Waals surface area contributed by atoms with Crippen LogP contribution in [-0.2, 0) is 0 Å². The normalized spacial score (nSPS) is 27.5. The van der Waals surface area contributed by atoms with Crippen LogP contribution in [0.3, 0.4) is 0 Å². The quantitative estimate of drug-likeness (QED) is 0.788. The smallest absolute Gasteiger partial charge is 0.0644 e. The molecular formula is C15H30N2O.